The lowest BCUT2D eigenvalue weighted by atomic mass is 11.0. The van der Waals surface area contributed by atoms with Crippen molar-refractivity contribution in [1.29, 1.82) is 0 Å². The van der Waals surface area contributed by atoms with Gasteiger partial charge in [-0.1, -0.05) is 6.92 Å². The minimum atomic E-state index is -4.41. The minimum Gasteiger partial charge on any atom is -0.336 e. The molecule has 0 aromatic heterocycles. The van der Waals surface area contributed by atoms with Gasteiger partial charge in [0.15, 0.2) is 0 Å². The van der Waals surface area contributed by atoms with Gasteiger partial charge in [-0.2, -0.15) is 0 Å². The molecule has 0 heterocycles. The first-order valence-electron chi connectivity index (χ1n) is 2.87. The van der Waals surface area contributed by atoms with Crippen molar-refractivity contribution in [2.75, 3.05) is 12.9 Å². The lowest BCUT2D eigenvalue weighted by Gasteiger charge is -2.14. The van der Waals surface area contributed by atoms with Gasteiger partial charge in [0.1, 0.15) is 6.73 Å². The maximum Gasteiger partial charge on any atom is 0.411 e. The van der Waals surface area contributed by atoms with Crippen molar-refractivity contribution < 1.29 is 23.4 Å². The highest BCUT2D eigenvalue weighted by Gasteiger charge is 2.40. The van der Waals surface area contributed by atoms with E-state index in [-0.39, 0.29) is 6.16 Å². The maximum absolute atomic E-state index is 10.9. The van der Waals surface area contributed by atoms with Gasteiger partial charge in [-0.05, 0) is 0 Å². The molecular weight excluding hydrogens is 192 g/mol. The van der Waals surface area contributed by atoms with Crippen molar-refractivity contribution in [2.45, 2.75) is 6.92 Å². The van der Waals surface area contributed by atoms with Crippen molar-refractivity contribution in [3.8, 4) is 0 Å². The zero-order valence-electron chi connectivity index (χ0n) is 6.01. The zero-order valence-corrected chi connectivity index (χ0v) is 7.79. The summed E-state index contributed by atoms with van der Waals surface area (Å²) in [5.41, 5.74) is 4.78. The van der Waals surface area contributed by atoms with Gasteiger partial charge in [0.25, 0.3) is 0 Å². The van der Waals surface area contributed by atoms with Crippen molar-refractivity contribution in [1.82, 2.24) is 0 Å². The second-order valence-corrected chi connectivity index (χ2v) is 8.36. The van der Waals surface area contributed by atoms with Gasteiger partial charge in [0, 0.05) is 6.16 Å². The van der Waals surface area contributed by atoms with E-state index in [0.29, 0.717) is 0 Å². The van der Waals surface area contributed by atoms with Gasteiger partial charge >= 0.3 is 14.3 Å². The third-order valence-corrected chi connectivity index (χ3v) is 6.71. The normalized spacial score (nSPS) is 22.2. The van der Waals surface area contributed by atoms with Gasteiger partial charge in [-0.25, -0.2) is 4.57 Å². The van der Waals surface area contributed by atoms with Crippen LogP contribution in [-0.2, 0) is 13.7 Å². The molecule has 0 radical (unpaired) electrons. The van der Waals surface area contributed by atoms with Crippen LogP contribution in [0.25, 0.3) is 0 Å². The first-order valence-corrected chi connectivity index (χ1v) is 7.00. The molecule has 0 rings (SSSR count). The SMILES string of the molecule is CCP(=O)(O)P(=O)(O)OCN. The van der Waals surface area contributed by atoms with E-state index in [4.69, 9.17) is 15.5 Å². The predicted octanol–water partition coefficient (Wildman–Crippen LogP) is 0.310. The molecule has 0 fully saturated rings. The summed E-state index contributed by atoms with van der Waals surface area (Å²) in [6, 6.07) is 0. The lowest BCUT2D eigenvalue weighted by Crippen LogP contribution is -2.03. The quantitative estimate of drug-likeness (QED) is 0.448. The molecule has 2 unspecified atom stereocenters. The molecule has 11 heavy (non-hydrogen) atoms. The summed E-state index contributed by atoms with van der Waals surface area (Å²) >= 11 is 0. The molecule has 0 spiro atoms. The Kier molecular flexibility index (Phi) is 3.91. The standard InChI is InChI=1S/C3H11NO5P2/c1-2-10(5,6)11(7,8)9-3-4/h2-4H2,1H3,(H,5,6)(H,7,8). The zero-order chi connectivity index (χ0) is 9.12. The molecule has 8 heteroatoms. The monoisotopic (exact) mass is 203 g/mol. The smallest absolute Gasteiger partial charge is 0.336 e. The van der Waals surface area contributed by atoms with E-state index in [0.717, 1.165) is 0 Å². The van der Waals surface area contributed by atoms with Crippen LogP contribution in [0.1, 0.15) is 6.92 Å². The van der Waals surface area contributed by atoms with E-state index < -0.39 is 21.1 Å². The molecule has 68 valence electrons. The van der Waals surface area contributed by atoms with Crippen LogP contribution in [0.2, 0.25) is 0 Å². The summed E-state index contributed by atoms with van der Waals surface area (Å²) in [7, 11) is -8.49. The largest absolute Gasteiger partial charge is 0.411 e. The van der Waals surface area contributed by atoms with Crippen molar-refractivity contribution >= 4 is 14.3 Å². The first-order chi connectivity index (χ1) is 4.87. The molecule has 6 nitrogen and oxygen atoms in total. The number of rotatable bonds is 4. The molecule has 0 saturated carbocycles. The molecule has 0 saturated heterocycles. The van der Waals surface area contributed by atoms with Crippen LogP contribution in [0, 0.1) is 0 Å². The predicted molar refractivity (Wildman–Crippen MR) is 40.3 cm³/mol. The summed E-state index contributed by atoms with van der Waals surface area (Å²) < 4.78 is 25.7. The van der Waals surface area contributed by atoms with Crippen LogP contribution in [0.3, 0.4) is 0 Å². The van der Waals surface area contributed by atoms with Gasteiger partial charge < -0.3 is 15.5 Å². The van der Waals surface area contributed by atoms with Crippen molar-refractivity contribution in [2.24, 2.45) is 5.73 Å². The molecule has 4 N–H and O–H groups in total. The molecule has 0 bridgehead atoms. The average Bonchev–Trinajstić information content (AvgIpc) is 1.87. The van der Waals surface area contributed by atoms with Gasteiger partial charge in [-0.3, -0.25) is 9.09 Å². The van der Waals surface area contributed by atoms with Gasteiger partial charge in [0.2, 0.25) is 0 Å². The van der Waals surface area contributed by atoms with Crippen LogP contribution < -0.4 is 5.73 Å². The van der Waals surface area contributed by atoms with Crippen LogP contribution in [0.4, 0.5) is 0 Å². The van der Waals surface area contributed by atoms with Crippen molar-refractivity contribution in [3.05, 3.63) is 0 Å². The average molecular weight is 203 g/mol. The third-order valence-electron chi connectivity index (χ3n) is 1.05. The Morgan fingerprint density at radius 3 is 2.18 bits per heavy atom. The van der Waals surface area contributed by atoms with E-state index in [1.54, 1.807) is 0 Å². The fourth-order valence-corrected chi connectivity index (χ4v) is 2.91. The van der Waals surface area contributed by atoms with E-state index in [9.17, 15) is 9.13 Å². The molecule has 0 aromatic carbocycles. The van der Waals surface area contributed by atoms with Crippen LogP contribution in [-0.4, -0.2) is 22.7 Å². The summed E-state index contributed by atoms with van der Waals surface area (Å²) in [5, 5.41) is 0. The fraction of sp³-hybridized carbons (Fsp3) is 1.00. The Bertz CT molecular complexity index is 216. The molecule has 2 atom stereocenters. The van der Waals surface area contributed by atoms with Gasteiger partial charge in [-0.15, -0.1) is 0 Å². The van der Waals surface area contributed by atoms with E-state index in [1.807, 2.05) is 0 Å². The van der Waals surface area contributed by atoms with E-state index >= 15 is 0 Å². The third kappa shape index (κ3) is 2.67. The molecule has 0 aliphatic carbocycles. The fourth-order valence-electron chi connectivity index (χ4n) is 0.366. The summed E-state index contributed by atoms with van der Waals surface area (Å²) in [5.74, 6) is 0. The first kappa shape index (κ1) is 11.3. The molecule has 0 aromatic rings. The van der Waals surface area contributed by atoms with E-state index in [2.05, 4.69) is 4.52 Å². The van der Waals surface area contributed by atoms with Crippen LogP contribution >= 0.6 is 14.3 Å². The lowest BCUT2D eigenvalue weighted by molar-refractivity contribution is 0.276. The highest BCUT2D eigenvalue weighted by molar-refractivity contribution is 8.29. The molecule has 0 amide bonds. The molecular formula is C3H11NO5P2. The molecule has 0 aliphatic heterocycles. The molecule has 0 aliphatic rings. The minimum absolute atomic E-state index is 0.305. The van der Waals surface area contributed by atoms with Crippen LogP contribution in [0.15, 0.2) is 0 Å². The number of hydrogen-bond donors (Lipinski definition) is 3. The summed E-state index contributed by atoms with van der Waals surface area (Å²) in [4.78, 5) is 17.6. The van der Waals surface area contributed by atoms with Gasteiger partial charge in [0.05, 0.1) is 0 Å². The maximum atomic E-state index is 10.9. The van der Waals surface area contributed by atoms with Crippen molar-refractivity contribution in [3.63, 3.8) is 0 Å². The number of nitrogens with two attached hydrogens (primary N) is 1. The number of hydrogen-bond acceptors (Lipinski definition) is 4. The Labute approximate surface area is 64.2 Å². The summed E-state index contributed by atoms with van der Waals surface area (Å²) in [6.07, 6.45) is -0.305. The highest BCUT2D eigenvalue weighted by Crippen LogP contribution is 2.76. The van der Waals surface area contributed by atoms with E-state index in [1.165, 1.54) is 6.92 Å². The van der Waals surface area contributed by atoms with Crippen LogP contribution in [0.5, 0.6) is 0 Å². The Hall–Kier alpha value is 0.300. The summed E-state index contributed by atoms with van der Waals surface area (Å²) in [6.45, 7) is 0.780. The highest BCUT2D eigenvalue weighted by atomic mass is 32.1. The second kappa shape index (κ2) is 3.81. The Morgan fingerprint density at radius 2 is 1.91 bits per heavy atom. The Balaban J connectivity index is 4.55. The topological polar surface area (TPSA) is 110 Å². The Morgan fingerprint density at radius 1 is 1.45 bits per heavy atom. The second-order valence-electron chi connectivity index (χ2n) is 1.77.